The number of aromatic nitrogens is 2. The lowest BCUT2D eigenvalue weighted by Gasteiger charge is -2.11. The molecule has 0 amide bonds. The van der Waals surface area contributed by atoms with Crippen LogP contribution in [0.2, 0.25) is 0 Å². The maximum atomic E-state index is 5.43. The van der Waals surface area contributed by atoms with Crippen LogP contribution < -0.4 is 4.74 Å². The minimum absolute atomic E-state index is 0.473. The van der Waals surface area contributed by atoms with Gasteiger partial charge in [0.1, 0.15) is 6.33 Å². The third-order valence-corrected chi connectivity index (χ3v) is 3.25. The average Bonchev–Trinajstić information content (AvgIpc) is 2.24. The number of hydrogen-bond acceptors (Lipinski definition) is 3. The van der Waals surface area contributed by atoms with Gasteiger partial charge in [0.05, 0.1) is 12.3 Å². The van der Waals surface area contributed by atoms with Gasteiger partial charge >= 0.3 is 0 Å². The molecule has 84 valence electrons. The smallest absolute Gasteiger partial charge is 0.219 e. The second kappa shape index (κ2) is 6.05. The Morgan fingerprint density at radius 3 is 2.73 bits per heavy atom. The van der Waals surface area contributed by atoms with E-state index < -0.39 is 0 Å². The minimum atomic E-state index is 0.473. The monoisotopic (exact) mass is 272 g/mol. The number of alkyl halides is 1. The molecule has 0 aliphatic heterocycles. The molecule has 1 atom stereocenters. The third-order valence-electron chi connectivity index (χ3n) is 2.28. The van der Waals surface area contributed by atoms with Crippen LogP contribution in [-0.4, -0.2) is 21.4 Å². The molecule has 4 heteroatoms. The summed E-state index contributed by atoms with van der Waals surface area (Å²) < 4.78 is 5.43. The molecule has 0 aliphatic carbocycles. The van der Waals surface area contributed by atoms with Crippen LogP contribution in [0.1, 0.15) is 31.5 Å². The highest BCUT2D eigenvalue weighted by atomic mass is 79.9. The molecule has 0 bridgehead atoms. The minimum Gasteiger partial charge on any atom is -0.478 e. The maximum absolute atomic E-state index is 5.43. The van der Waals surface area contributed by atoms with E-state index in [0.717, 1.165) is 24.1 Å². The first-order chi connectivity index (χ1) is 7.19. The molecular weight excluding hydrogens is 256 g/mol. The van der Waals surface area contributed by atoms with E-state index in [4.69, 9.17) is 4.74 Å². The van der Waals surface area contributed by atoms with E-state index >= 15 is 0 Å². The van der Waals surface area contributed by atoms with Crippen molar-refractivity contribution >= 4 is 15.9 Å². The summed E-state index contributed by atoms with van der Waals surface area (Å²) in [6.07, 6.45) is 3.58. The molecule has 3 nitrogen and oxygen atoms in total. The van der Waals surface area contributed by atoms with Crippen molar-refractivity contribution in [3.8, 4) is 5.88 Å². The summed E-state index contributed by atoms with van der Waals surface area (Å²) in [4.78, 5) is 8.87. The zero-order chi connectivity index (χ0) is 11.3. The Morgan fingerprint density at radius 1 is 1.40 bits per heavy atom. The van der Waals surface area contributed by atoms with Crippen molar-refractivity contribution in [1.29, 1.82) is 0 Å². The molecule has 0 aromatic carbocycles. The first kappa shape index (κ1) is 12.4. The van der Waals surface area contributed by atoms with Gasteiger partial charge in [0, 0.05) is 16.8 Å². The molecule has 1 rings (SSSR count). The van der Waals surface area contributed by atoms with Crippen LogP contribution in [0.25, 0.3) is 0 Å². The first-order valence-corrected chi connectivity index (χ1v) is 6.17. The number of ether oxygens (including phenoxy) is 1. The summed E-state index contributed by atoms with van der Waals surface area (Å²) in [5, 5.41) is 0. The summed E-state index contributed by atoms with van der Waals surface area (Å²) in [6, 6.07) is 0. The molecule has 1 heterocycles. The van der Waals surface area contributed by atoms with Crippen LogP contribution in [0.4, 0.5) is 0 Å². The van der Waals surface area contributed by atoms with Crippen molar-refractivity contribution in [2.24, 2.45) is 0 Å². The van der Waals surface area contributed by atoms with E-state index in [-0.39, 0.29) is 0 Å². The fraction of sp³-hybridized carbons (Fsp3) is 0.636. The molecule has 1 aromatic rings. The summed E-state index contributed by atoms with van der Waals surface area (Å²) in [5.74, 6) is 0.707. The Hall–Kier alpha value is -0.640. The summed E-state index contributed by atoms with van der Waals surface area (Å²) in [7, 11) is 0. The molecule has 0 spiro atoms. The van der Waals surface area contributed by atoms with Gasteiger partial charge in [0.2, 0.25) is 5.88 Å². The van der Waals surface area contributed by atoms with Crippen LogP contribution in [0.3, 0.4) is 0 Å². The maximum Gasteiger partial charge on any atom is 0.219 e. The molecule has 0 saturated heterocycles. The van der Waals surface area contributed by atoms with Gasteiger partial charge in [-0.3, -0.25) is 0 Å². The van der Waals surface area contributed by atoms with Crippen molar-refractivity contribution < 1.29 is 4.74 Å². The van der Waals surface area contributed by atoms with Gasteiger partial charge in [-0.15, -0.1) is 0 Å². The zero-order valence-electron chi connectivity index (χ0n) is 9.46. The Bertz CT molecular complexity index is 317. The lowest BCUT2D eigenvalue weighted by Crippen LogP contribution is -2.07. The molecule has 15 heavy (non-hydrogen) atoms. The second-order valence-electron chi connectivity index (χ2n) is 3.39. The standard InChI is InChI=1S/C11H17BrN2O/c1-4-9(12)6-10-8(3)11(15-5-2)14-7-13-10/h7,9H,4-6H2,1-3H3. The van der Waals surface area contributed by atoms with Gasteiger partial charge in [-0.25, -0.2) is 9.97 Å². The molecule has 0 radical (unpaired) electrons. The second-order valence-corrected chi connectivity index (χ2v) is 4.69. The van der Waals surface area contributed by atoms with Crippen LogP contribution in [0.5, 0.6) is 5.88 Å². The van der Waals surface area contributed by atoms with Gasteiger partial charge in [0.15, 0.2) is 0 Å². The normalized spacial score (nSPS) is 12.5. The van der Waals surface area contributed by atoms with Crippen molar-refractivity contribution in [2.75, 3.05) is 6.61 Å². The number of nitrogens with zero attached hydrogens (tertiary/aromatic N) is 2. The Morgan fingerprint density at radius 2 is 2.13 bits per heavy atom. The number of rotatable bonds is 5. The van der Waals surface area contributed by atoms with Crippen LogP contribution in [0, 0.1) is 6.92 Å². The largest absolute Gasteiger partial charge is 0.478 e. The highest BCUT2D eigenvalue weighted by Gasteiger charge is 2.11. The van der Waals surface area contributed by atoms with E-state index in [1.165, 1.54) is 0 Å². The lowest BCUT2D eigenvalue weighted by molar-refractivity contribution is 0.322. The fourth-order valence-corrected chi connectivity index (χ4v) is 1.62. The van der Waals surface area contributed by atoms with Crippen molar-refractivity contribution in [2.45, 2.75) is 38.4 Å². The van der Waals surface area contributed by atoms with Crippen molar-refractivity contribution in [3.63, 3.8) is 0 Å². The highest BCUT2D eigenvalue weighted by Crippen LogP contribution is 2.20. The molecule has 1 aromatic heterocycles. The number of halogens is 1. The molecular formula is C11H17BrN2O. The quantitative estimate of drug-likeness (QED) is 0.774. The predicted octanol–water partition coefficient (Wildman–Crippen LogP) is 2.90. The average molecular weight is 273 g/mol. The van der Waals surface area contributed by atoms with Gasteiger partial charge in [-0.2, -0.15) is 0 Å². The molecule has 0 fully saturated rings. The van der Waals surface area contributed by atoms with Gasteiger partial charge < -0.3 is 4.74 Å². The van der Waals surface area contributed by atoms with Crippen molar-refractivity contribution in [3.05, 3.63) is 17.6 Å². The Labute approximate surface area is 99.4 Å². The zero-order valence-corrected chi connectivity index (χ0v) is 11.0. The summed E-state index contributed by atoms with van der Waals surface area (Å²) in [6.45, 7) is 6.76. The summed E-state index contributed by atoms with van der Waals surface area (Å²) in [5.41, 5.74) is 2.12. The molecule has 0 N–H and O–H groups in total. The SMILES string of the molecule is CCOc1ncnc(CC(Br)CC)c1C. The van der Waals surface area contributed by atoms with Gasteiger partial charge in [-0.05, 0) is 20.3 Å². The van der Waals surface area contributed by atoms with E-state index in [1.807, 2.05) is 13.8 Å². The summed E-state index contributed by atoms with van der Waals surface area (Å²) >= 11 is 3.61. The predicted molar refractivity (Wildman–Crippen MR) is 64.6 cm³/mol. The van der Waals surface area contributed by atoms with Gasteiger partial charge in [-0.1, -0.05) is 22.9 Å². The molecule has 1 unspecified atom stereocenters. The number of hydrogen-bond donors (Lipinski definition) is 0. The third kappa shape index (κ3) is 3.45. The first-order valence-electron chi connectivity index (χ1n) is 5.26. The van der Waals surface area contributed by atoms with Crippen molar-refractivity contribution in [1.82, 2.24) is 9.97 Å². The topological polar surface area (TPSA) is 35.0 Å². The molecule has 0 aliphatic rings. The molecule has 0 saturated carbocycles. The van der Waals surface area contributed by atoms with Crippen LogP contribution >= 0.6 is 15.9 Å². The highest BCUT2D eigenvalue weighted by molar-refractivity contribution is 9.09. The lowest BCUT2D eigenvalue weighted by atomic mass is 10.1. The Balaban J connectivity index is 2.84. The fourth-order valence-electron chi connectivity index (χ4n) is 1.31. The van der Waals surface area contributed by atoms with E-state index in [1.54, 1.807) is 6.33 Å². The van der Waals surface area contributed by atoms with Crippen LogP contribution in [0.15, 0.2) is 6.33 Å². The Kier molecular flexibility index (Phi) is 5.02. The van der Waals surface area contributed by atoms with Crippen LogP contribution in [-0.2, 0) is 6.42 Å². The van der Waals surface area contributed by atoms with E-state index in [9.17, 15) is 0 Å². The van der Waals surface area contributed by atoms with E-state index in [2.05, 4.69) is 32.8 Å². The van der Waals surface area contributed by atoms with E-state index in [0.29, 0.717) is 17.3 Å². The van der Waals surface area contributed by atoms with Gasteiger partial charge in [0.25, 0.3) is 0 Å².